The van der Waals surface area contributed by atoms with E-state index in [1.165, 1.54) is 0 Å². The van der Waals surface area contributed by atoms with Crippen molar-refractivity contribution in [3.8, 4) is 0 Å². The molecule has 0 unspecified atom stereocenters. The van der Waals surface area contributed by atoms with E-state index in [0.29, 0.717) is 19.5 Å². The summed E-state index contributed by atoms with van der Waals surface area (Å²) in [6, 6.07) is 7.53. The van der Waals surface area contributed by atoms with Crippen LogP contribution >= 0.6 is 0 Å². The van der Waals surface area contributed by atoms with Gasteiger partial charge in [-0.2, -0.15) is 0 Å². The maximum absolute atomic E-state index is 12.4. The number of hydrogen-bond donors (Lipinski definition) is 1. The number of aryl methyl sites for hydroxylation is 1. The molecule has 1 rings (SSSR count). The summed E-state index contributed by atoms with van der Waals surface area (Å²) in [5, 5.41) is 2.88. The molecule has 0 aliphatic carbocycles. The first-order chi connectivity index (χ1) is 10.5. The second-order valence-corrected chi connectivity index (χ2v) is 5.67. The molecule has 0 aliphatic heterocycles. The third-order valence-electron chi connectivity index (χ3n) is 3.78. The molecule has 4 heteroatoms. The van der Waals surface area contributed by atoms with Gasteiger partial charge in [0.2, 0.25) is 11.8 Å². The molecule has 0 aromatic heterocycles. The smallest absolute Gasteiger partial charge is 0.242 e. The van der Waals surface area contributed by atoms with Crippen molar-refractivity contribution in [2.45, 2.75) is 59.5 Å². The van der Waals surface area contributed by atoms with Gasteiger partial charge in [0.15, 0.2) is 0 Å². The Morgan fingerprint density at radius 1 is 1.18 bits per heavy atom. The van der Waals surface area contributed by atoms with Gasteiger partial charge in [-0.05, 0) is 37.8 Å². The lowest BCUT2D eigenvalue weighted by atomic mass is 10.1. The van der Waals surface area contributed by atoms with Gasteiger partial charge in [-0.3, -0.25) is 9.59 Å². The second kappa shape index (κ2) is 9.23. The molecular weight excluding hydrogens is 276 g/mol. The van der Waals surface area contributed by atoms with Crippen LogP contribution in [0.2, 0.25) is 0 Å². The maximum Gasteiger partial charge on any atom is 0.242 e. The van der Waals surface area contributed by atoms with Gasteiger partial charge in [-0.25, -0.2) is 0 Å². The van der Waals surface area contributed by atoms with Gasteiger partial charge in [0.05, 0.1) is 0 Å². The normalized spacial score (nSPS) is 11.8. The van der Waals surface area contributed by atoms with E-state index < -0.39 is 6.04 Å². The van der Waals surface area contributed by atoms with Gasteiger partial charge in [-0.15, -0.1) is 0 Å². The molecule has 0 spiro atoms. The van der Waals surface area contributed by atoms with E-state index >= 15 is 0 Å². The third-order valence-corrected chi connectivity index (χ3v) is 3.78. The zero-order chi connectivity index (χ0) is 16.5. The molecule has 0 saturated carbocycles. The van der Waals surface area contributed by atoms with Crippen molar-refractivity contribution < 1.29 is 9.59 Å². The Labute approximate surface area is 133 Å². The average Bonchev–Trinajstić information content (AvgIpc) is 2.51. The molecule has 1 atom stereocenters. The van der Waals surface area contributed by atoms with Crippen LogP contribution in [0.3, 0.4) is 0 Å². The quantitative estimate of drug-likeness (QED) is 0.802. The van der Waals surface area contributed by atoms with Crippen molar-refractivity contribution in [1.29, 1.82) is 0 Å². The number of rotatable bonds is 8. The fourth-order valence-electron chi connectivity index (χ4n) is 2.31. The first-order valence-corrected chi connectivity index (χ1v) is 8.12. The lowest BCUT2D eigenvalue weighted by molar-refractivity contribution is -0.140. The van der Waals surface area contributed by atoms with Crippen LogP contribution in [0, 0.1) is 6.92 Å². The topological polar surface area (TPSA) is 49.4 Å². The molecule has 1 aromatic rings. The fourth-order valence-corrected chi connectivity index (χ4v) is 2.31. The van der Waals surface area contributed by atoms with Gasteiger partial charge >= 0.3 is 0 Å². The fraction of sp³-hybridized carbons (Fsp3) is 0.556. The SMILES string of the molecule is CCCNC(=O)[C@@H](C)N(Cc1ccccc1C)C(=O)CCC. The minimum Gasteiger partial charge on any atom is -0.354 e. The van der Waals surface area contributed by atoms with Crippen molar-refractivity contribution in [1.82, 2.24) is 10.2 Å². The summed E-state index contributed by atoms with van der Waals surface area (Å²) in [5.74, 6) is -0.0511. The van der Waals surface area contributed by atoms with Gasteiger partial charge in [0.25, 0.3) is 0 Å². The summed E-state index contributed by atoms with van der Waals surface area (Å²) < 4.78 is 0. The highest BCUT2D eigenvalue weighted by molar-refractivity contribution is 5.87. The third kappa shape index (κ3) is 5.17. The average molecular weight is 304 g/mol. The summed E-state index contributed by atoms with van der Waals surface area (Å²) in [7, 11) is 0. The van der Waals surface area contributed by atoms with Crippen LogP contribution in [0.4, 0.5) is 0 Å². The number of nitrogens with zero attached hydrogens (tertiary/aromatic N) is 1. The highest BCUT2D eigenvalue weighted by atomic mass is 16.2. The molecule has 0 fully saturated rings. The molecule has 0 aliphatic rings. The molecule has 0 radical (unpaired) electrons. The van der Waals surface area contributed by atoms with Crippen molar-refractivity contribution in [2.75, 3.05) is 6.54 Å². The van der Waals surface area contributed by atoms with Gasteiger partial charge in [0, 0.05) is 19.5 Å². The second-order valence-electron chi connectivity index (χ2n) is 5.67. The first-order valence-electron chi connectivity index (χ1n) is 8.12. The van der Waals surface area contributed by atoms with Gasteiger partial charge in [-0.1, -0.05) is 38.1 Å². The lowest BCUT2D eigenvalue weighted by Gasteiger charge is -2.29. The minimum atomic E-state index is -0.454. The van der Waals surface area contributed by atoms with Crippen LogP contribution in [0.1, 0.15) is 51.2 Å². The lowest BCUT2D eigenvalue weighted by Crippen LogP contribution is -2.47. The predicted molar refractivity (Wildman–Crippen MR) is 89.4 cm³/mol. The Kier molecular flexibility index (Phi) is 7.64. The molecule has 0 heterocycles. The van der Waals surface area contributed by atoms with E-state index in [4.69, 9.17) is 0 Å². The molecular formula is C18H28N2O2. The van der Waals surface area contributed by atoms with Crippen LogP contribution < -0.4 is 5.32 Å². The van der Waals surface area contributed by atoms with Crippen LogP contribution in [0.15, 0.2) is 24.3 Å². The van der Waals surface area contributed by atoms with E-state index in [9.17, 15) is 9.59 Å². The summed E-state index contributed by atoms with van der Waals surface area (Å²) in [6.07, 6.45) is 2.14. The van der Waals surface area contributed by atoms with Crippen molar-refractivity contribution >= 4 is 11.8 Å². The predicted octanol–water partition coefficient (Wildman–Crippen LogP) is 3.04. The Morgan fingerprint density at radius 2 is 1.86 bits per heavy atom. The Morgan fingerprint density at radius 3 is 2.45 bits per heavy atom. The Bertz CT molecular complexity index is 500. The van der Waals surface area contributed by atoms with Gasteiger partial charge in [0.1, 0.15) is 6.04 Å². The molecule has 0 bridgehead atoms. The van der Waals surface area contributed by atoms with Gasteiger partial charge < -0.3 is 10.2 Å². The Balaban J connectivity index is 2.90. The zero-order valence-corrected chi connectivity index (χ0v) is 14.2. The van der Waals surface area contributed by atoms with Crippen molar-refractivity contribution in [3.05, 3.63) is 35.4 Å². The number of amides is 2. The maximum atomic E-state index is 12.4. The van der Waals surface area contributed by atoms with Crippen LogP contribution in [0.5, 0.6) is 0 Å². The molecule has 22 heavy (non-hydrogen) atoms. The number of benzene rings is 1. The van der Waals surface area contributed by atoms with E-state index in [0.717, 1.165) is 24.0 Å². The van der Waals surface area contributed by atoms with E-state index in [2.05, 4.69) is 5.32 Å². The molecule has 0 saturated heterocycles. The summed E-state index contributed by atoms with van der Waals surface area (Å²) in [4.78, 5) is 26.3. The molecule has 1 aromatic carbocycles. The van der Waals surface area contributed by atoms with Crippen LogP contribution in [-0.2, 0) is 16.1 Å². The molecule has 4 nitrogen and oxygen atoms in total. The number of hydrogen-bond acceptors (Lipinski definition) is 2. The molecule has 2 amide bonds. The monoisotopic (exact) mass is 304 g/mol. The largest absolute Gasteiger partial charge is 0.354 e. The summed E-state index contributed by atoms with van der Waals surface area (Å²) >= 11 is 0. The van der Waals surface area contributed by atoms with Crippen molar-refractivity contribution in [3.63, 3.8) is 0 Å². The summed E-state index contributed by atoms with van der Waals surface area (Å²) in [6.45, 7) is 8.94. The Hall–Kier alpha value is -1.84. The minimum absolute atomic E-state index is 0.0323. The van der Waals surface area contributed by atoms with Crippen LogP contribution in [0.25, 0.3) is 0 Å². The number of nitrogens with one attached hydrogen (secondary N) is 1. The molecule has 122 valence electrons. The van der Waals surface area contributed by atoms with Crippen molar-refractivity contribution in [2.24, 2.45) is 0 Å². The van der Waals surface area contributed by atoms with E-state index in [1.54, 1.807) is 11.8 Å². The highest BCUT2D eigenvalue weighted by Gasteiger charge is 2.25. The van der Waals surface area contributed by atoms with Crippen LogP contribution in [-0.4, -0.2) is 29.3 Å². The zero-order valence-electron chi connectivity index (χ0n) is 14.2. The number of carbonyl (C=O) groups is 2. The van der Waals surface area contributed by atoms with E-state index in [1.807, 2.05) is 45.0 Å². The molecule has 1 N–H and O–H groups in total. The number of carbonyl (C=O) groups excluding carboxylic acids is 2. The van der Waals surface area contributed by atoms with E-state index in [-0.39, 0.29) is 11.8 Å². The highest BCUT2D eigenvalue weighted by Crippen LogP contribution is 2.14. The first kappa shape index (κ1) is 18.2. The standard InChI is InChI=1S/C18H28N2O2/c1-5-9-17(21)20(15(4)18(22)19-12-6-2)13-16-11-8-7-10-14(16)3/h7-8,10-11,15H,5-6,9,12-13H2,1-4H3,(H,19,22)/t15-/m1/s1. The summed E-state index contributed by atoms with van der Waals surface area (Å²) in [5.41, 5.74) is 2.22.